The molecule has 3 aromatic rings. The minimum Gasteiger partial charge on any atom is -0.448 e. The lowest BCUT2D eigenvalue weighted by molar-refractivity contribution is -0.145. The number of carbonyl (C=O) groups excluding carboxylic acids is 2. The van der Waals surface area contributed by atoms with E-state index in [1.165, 1.54) is 10.9 Å². The average molecular weight is 441 g/mol. The van der Waals surface area contributed by atoms with Gasteiger partial charge in [0.2, 0.25) is 5.95 Å². The molecule has 1 unspecified atom stereocenters. The van der Waals surface area contributed by atoms with Crippen LogP contribution in [0.3, 0.4) is 0 Å². The van der Waals surface area contributed by atoms with E-state index in [1.807, 2.05) is 0 Å². The van der Waals surface area contributed by atoms with Crippen LogP contribution in [0.25, 0.3) is 11.2 Å². The second kappa shape index (κ2) is 8.52. The van der Waals surface area contributed by atoms with Crippen LogP contribution in [0.4, 0.5) is 5.95 Å². The van der Waals surface area contributed by atoms with Crippen LogP contribution in [0, 0.1) is 5.92 Å². The molecule has 4 rings (SSSR count). The van der Waals surface area contributed by atoms with Gasteiger partial charge in [0.15, 0.2) is 23.1 Å². The van der Waals surface area contributed by atoms with Gasteiger partial charge >= 0.3 is 5.97 Å². The van der Waals surface area contributed by atoms with Crippen LogP contribution in [0.5, 0.6) is 0 Å². The zero-order chi connectivity index (χ0) is 23.0. The molecular weight excluding hydrogens is 418 g/mol. The lowest BCUT2D eigenvalue weighted by Crippen LogP contribution is -2.45. The maximum Gasteiger partial charge on any atom is 0.338 e. The van der Waals surface area contributed by atoms with Crippen LogP contribution in [0.15, 0.2) is 41.5 Å². The highest BCUT2D eigenvalue weighted by molar-refractivity contribution is 5.93. The SMILES string of the molecule is CC(C)C(=O)C(OC(=O)c1ccccc1)[C@H]1O[C@@H](n2cnc3c(=O)[nH]c(N)nc32)C[C@@H]1O. The van der Waals surface area contributed by atoms with Crippen LogP contribution in [-0.2, 0) is 14.3 Å². The summed E-state index contributed by atoms with van der Waals surface area (Å²) >= 11 is 0. The number of anilines is 1. The third-order valence-corrected chi connectivity index (χ3v) is 5.29. The first-order valence-electron chi connectivity index (χ1n) is 10.1. The van der Waals surface area contributed by atoms with Crippen molar-refractivity contribution in [2.24, 2.45) is 5.92 Å². The molecule has 0 bridgehead atoms. The zero-order valence-corrected chi connectivity index (χ0v) is 17.5. The molecule has 4 atom stereocenters. The van der Waals surface area contributed by atoms with Gasteiger partial charge in [-0.3, -0.25) is 19.1 Å². The molecule has 0 aliphatic carbocycles. The van der Waals surface area contributed by atoms with E-state index in [-0.39, 0.29) is 34.9 Å². The van der Waals surface area contributed by atoms with Gasteiger partial charge in [-0.2, -0.15) is 4.98 Å². The van der Waals surface area contributed by atoms with Gasteiger partial charge < -0.3 is 20.3 Å². The van der Waals surface area contributed by atoms with Gasteiger partial charge in [0.05, 0.1) is 18.0 Å². The Morgan fingerprint density at radius 2 is 2.03 bits per heavy atom. The number of nitrogens with two attached hydrogens (primary N) is 1. The third kappa shape index (κ3) is 3.99. The predicted molar refractivity (Wildman–Crippen MR) is 113 cm³/mol. The zero-order valence-electron chi connectivity index (χ0n) is 17.5. The fourth-order valence-corrected chi connectivity index (χ4v) is 3.65. The maximum absolute atomic E-state index is 12.9. The summed E-state index contributed by atoms with van der Waals surface area (Å²) in [5.41, 5.74) is 5.64. The first kappa shape index (κ1) is 21.7. The Balaban J connectivity index is 1.62. The highest BCUT2D eigenvalue weighted by Gasteiger charge is 2.46. The number of rotatable bonds is 6. The fourth-order valence-electron chi connectivity index (χ4n) is 3.65. The van der Waals surface area contributed by atoms with E-state index in [4.69, 9.17) is 15.2 Å². The van der Waals surface area contributed by atoms with Gasteiger partial charge in [-0.05, 0) is 12.1 Å². The summed E-state index contributed by atoms with van der Waals surface area (Å²) in [5.74, 6) is -1.64. The minimum absolute atomic E-state index is 0.0612. The number of benzene rings is 1. The molecule has 1 saturated heterocycles. The lowest BCUT2D eigenvalue weighted by atomic mass is 9.96. The summed E-state index contributed by atoms with van der Waals surface area (Å²) in [6, 6.07) is 8.25. The summed E-state index contributed by atoms with van der Waals surface area (Å²) < 4.78 is 12.9. The first-order valence-corrected chi connectivity index (χ1v) is 10.1. The molecule has 3 heterocycles. The summed E-state index contributed by atoms with van der Waals surface area (Å²) in [6.07, 6.45) is -2.94. The Kier molecular flexibility index (Phi) is 5.76. The van der Waals surface area contributed by atoms with E-state index in [0.29, 0.717) is 0 Å². The molecule has 4 N–H and O–H groups in total. The number of carbonyl (C=O) groups is 2. The quantitative estimate of drug-likeness (QED) is 0.470. The number of aliphatic hydroxyl groups is 1. The second-order valence-electron chi connectivity index (χ2n) is 7.88. The number of Topliss-reactive ketones (excluding diaryl/α,β-unsaturated/α-hetero) is 1. The summed E-state index contributed by atoms with van der Waals surface area (Å²) in [5, 5.41) is 10.7. The van der Waals surface area contributed by atoms with Crippen LogP contribution in [0.1, 0.15) is 36.9 Å². The van der Waals surface area contributed by atoms with Crippen molar-refractivity contribution in [1.29, 1.82) is 0 Å². The number of nitrogens with one attached hydrogen (secondary N) is 1. The van der Waals surface area contributed by atoms with Gasteiger partial charge in [0.25, 0.3) is 5.56 Å². The third-order valence-electron chi connectivity index (χ3n) is 5.29. The highest BCUT2D eigenvalue weighted by Crippen LogP contribution is 2.34. The van der Waals surface area contributed by atoms with Crippen LogP contribution in [0.2, 0.25) is 0 Å². The smallest absolute Gasteiger partial charge is 0.338 e. The number of hydrogen-bond acceptors (Lipinski definition) is 9. The van der Waals surface area contributed by atoms with E-state index < -0.39 is 42.0 Å². The van der Waals surface area contributed by atoms with E-state index in [1.54, 1.807) is 44.2 Å². The number of ether oxygens (including phenoxy) is 2. The second-order valence-corrected chi connectivity index (χ2v) is 7.88. The lowest BCUT2D eigenvalue weighted by Gasteiger charge is -2.26. The molecule has 2 aromatic heterocycles. The van der Waals surface area contributed by atoms with Gasteiger partial charge in [0.1, 0.15) is 12.3 Å². The van der Waals surface area contributed by atoms with E-state index in [9.17, 15) is 19.5 Å². The van der Waals surface area contributed by atoms with E-state index >= 15 is 0 Å². The molecular formula is C21H23N5O6. The monoisotopic (exact) mass is 441 g/mol. The van der Waals surface area contributed by atoms with Crippen LogP contribution >= 0.6 is 0 Å². The summed E-state index contributed by atoms with van der Waals surface area (Å²) in [4.78, 5) is 48.0. The number of esters is 1. The van der Waals surface area contributed by atoms with Crippen molar-refractivity contribution in [3.63, 3.8) is 0 Å². The number of imidazole rings is 1. The van der Waals surface area contributed by atoms with Gasteiger partial charge in [-0.25, -0.2) is 9.78 Å². The molecule has 32 heavy (non-hydrogen) atoms. The van der Waals surface area contributed by atoms with Crippen molar-refractivity contribution >= 4 is 28.9 Å². The van der Waals surface area contributed by atoms with Crippen LogP contribution in [-0.4, -0.2) is 54.7 Å². The normalized spacial score (nSPS) is 21.7. The molecule has 0 saturated carbocycles. The Morgan fingerprint density at radius 3 is 2.72 bits per heavy atom. The molecule has 168 valence electrons. The molecule has 1 aromatic carbocycles. The Hall–Kier alpha value is -3.57. The van der Waals surface area contributed by atoms with Crippen molar-refractivity contribution in [1.82, 2.24) is 19.5 Å². The number of aromatic amines is 1. The molecule has 1 aliphatic rings. The molecule has 11 heteroatoms. The predicted octanol–water partition coefficient (Wildman–Crippen LogP) is 0.801. The average Bonchev–Trinajstić information content (AvgIpc) is 3.35. The van der Waals surface area contributed by atoms with E-state index in [0.717, 1.165) is 0 Å². The number of nitrogen functional groups attached to an aromatic ring is 1. The van der Waals surface area contributed by atoms with Gasteiger partial charge in [-0.1, -0.05) is 32.0 Å². The first-order chi connectivity index (χ1) is 15.3. The number of H-pyrrole nitrogens is 1. The van der Waals surface area contributed by atoms with Crippen molar-refractivity contribution in [2.45, 2.75) is 44.8 Å². The van der Waals surface area contributed by atoms with Gasteiger partial charge in [-0.15, -0.1) is 0 Å². The number of fused-ring (bicyclic) bond motifs is 1. The minimum atomic E-state index is -1.32. The van der Waals surface area contributed by atoms with E-state index in [2.05, 4.69) is 15.0 Å². The number of ketones is 1. The molecule has 0 spiro atoms. The highest BCUT2D eigenvalue weighted by atomic mass is 16.6. The molecule has 0 radical (unpaired) electrons. The van der Waals surface area contributed by atoms with Crippen molar-refractivity contribution in [3.8, 4) is 0 Å². The maximum atomic E-state index is 12.9. The summed E-state index contributed by atoms with van der Waals surface area (Å²) in [7, 11) is 0. The molecule has 1 fully saturated rings. The van der Waals surface area contributed by atoms with Crippen LogP contribution < -0.4 is 11.3 Å². The molecule has 0 amide bonds. The number of aliphatic hydroxyl groups excluding tert-OH is 1. The molecule has 11 nitrogen and oxygen atoms in total. The molecule has 1 aliphatic heterocycles. The largest absolute Gasteiger partial charge is 0.448 e. The topological polar surface area (TPSA) is 162 Å². The van der Waals surface area contributed by atoms with Crippen molar-refractivity contribution < 1.29 is 24.2 Å². The van der Waals surface area contributed by atoms with Crippen molar-refractivity contribution in [3.05, 3.63) is 52.6 Å². The Morgan fingerprint density at radius 1 is 1.31 bits per heavy atom. The number of nitrogens with zero attached hydrogens (tertiary/aromatic N) is 3. The number of aromatic nitrogens is 4. The van der Waals surface area contributed by atoms with Crippen molar-refractivity contribution in [2.75, 3.05) is 5.73 Å². The Bertz CT molecular complexity index is 1200. The Labute approximate surface area is 182 Å². The fraction of sp³-hybridized carbons (Fsp3) is 0.381. The summed E-state index contributed by atoms with van der Waals surface area (Å²) in [6.45, 7) is 3.35. The standard InChI is InChI=1S/C21H23N5O6/c1-10(2)15(28)17(32-20(30)11-6-4-3-5-7-11)16-12(27)8-13(31-16)26-9-23-14-18(26)24-21(22)25-19(14)29/h3-7,9-10,12-13,16-17,27H,8H2,1-2H3,(H3,22,24,25,29)/t12-,13+,16-,17?/m0/s1. The van der Waals surface area contributed by atoms with Gasteiger partial charge in [0, 0.05) is 12.3 Å². The number of hydrogen-bond donors (Lipinski definition) is 3.